The van der Waals surface area contributed by atoms with Crippen LogP contribution in [0.5, 0.6) is 0 Å². The maximum atomic E-state index is 12.4. The largest absolute Gasteiger partial charge is 0.480 e. The standard InChI is InChI=1S/C29H35N3O3.C25H27N3O3.2ClH/c1-20(25-11-7-9-21-8-5-6-10-26(21)25)31-23-16-17-32(19-23)24-14-12-22(13-15-24)28(34)30-18-27(33)35-29(2,3)4;1-17(22-8-4-6-18-5-2-3-7-23(18)22)27-20-13-14-28(16-20)21-11-9-19(10-12-21)25(31)26-15-24(29)30;;/h5-15,20,23,31H,16-19H2,1-4H3,(H,30,34);2-12,17,20,27H,13-16H2,1H3,(H,26,31)(H,29,30);2*1H/t20-,23+;17-,20+;;/m11../s1. The van der Waals surface area contributed by atoms with E-state index in [1.807, 2.05) is 24.3 Å². The van der Waals surface area contributed by atoms with Crippen molar-refractivity contribution in [1.29, 1.82) is 0 Å². The lowest BCUT2D eigenvalue weighted by molar-refractivity contribution is -0.153. The van der Waals surface area contributed by atoms with Gasteiger partial charge in [0.2, 0.25) is 0 Å². The number of carboxylic acids is 1. The van der Waals surface area contributed by atoms with Crippen LogP contribution in [0.2, 0.25) is 0 Å². The molecule has 2 aliphatic heterocycles. The van der Waals surface area contributed by atoms with Crippen molar-refractivity contribution in [3.8, 4) is 0 Å². The molecule has 0 saturated carbocycles. The number of amides is 2. The molecule has 0 aromatic heterocycles. The topological polar surface area (TPSA) is 152 Å². The zero-order valence-corrected chi connectivity index (χ0v) is 41.0. The lowest BCUT2D eigenvalue weighted by Gasteiger charge is -2.23. The number of aliphatic carboxylic acids is 1. The van der Waals surface area contributed by atoms with E-state index in [9.17, 15) is 19.2 Å². The van der Waals surface area contributed by atoms with E-state index in [-0.39, 0.29) is 61.8 Å². The van der Waals surface area contributed by atoms with Crippen molar-refractivity contribution in [1.82, 2.24) is 21.3 Å². The van der Waals surface area contributed by atoms with Crippen LogP contribution in [0.15, 0.2) is 133 Å². The molecule has 6 aromatic carbocycles. The van der Waals surface area contributed by atoms with Crippen LogP contribution >= 0.6 is 24.8 Å². The first-order valence-corrected chi connectivity index (χ1v) is 22.9. The summed E-state index contributed by atoms with van der Waals surface area (Å²) in [7, 11) is 0. The van der Waals surface area contributed by atoms with E-state index in [2.05, 4.69) is 130 Å². The Morgan fingerprint density at radius 3 is 1.40 bits per heavy atom. The Kier molecular flexibility index (Phi) is 18.8. The highest BCUT2D eigenvalue weighted by Crippen LogP contribution is 2.29. The lowest BCUT2D eigenvalue weighted by Crippen LogP contribution is -2.35. The van der Waals surface area contributed by atoms with Gasteiger partial charge >= 0.3 is 11.9 Å². The van der Waals surface area contributed by atoms with Crippen molar-refractivity contribution >= 4 is 81.5 Å². The minimum Gasteiger partial charge on any atom is -0.480 e. The molecule has 2 saturated heterocycles. The number of rotatable bonds is 14. The van der Waals surface area contributed by atoms with Gasteiger partial charge in [0.05, 0.1) is 0 Å². The summed E-state index contributed by atoms with van der Waals surface area (Å²) in [5, 5.41) is 26.4. The average molecular weight is 964 g/mol. The molecule has 2 amide bonds. The Labute approximate surface area is 412 Å². The van der Waals surface area contributed by atoms with Crippen LogP contribution in [0, 0.1) is 0 Å². The van der Waals surface area contributed by atoms with Gasteiger partial charge in [-0.25, -0.2) is 0 Å². The second kappa shape index (κ2) is 24.2. The van der Waals surface area contributed by atoms with Crippen LogP contribution in [0.25, 0.3) is 21.5 Å². The van der Waals surface area contributed by atoms with Gasteiger partial charge in [0, 0.05) is 72.8 Å². The first-order chi connectivity index (χ1) is 31.7. The molecule has 12 nitrogen and oxygen atoms in total. The zero-order valence-electron chi connectivity index (χ0n) is 39.4. The number of fused-ring (bicyclic) bond motifs is 2. The highest BCUT2D eigenvalue weighted by molar-refractivity contribution is 5.97. The Balaban J connectivity index is 0.000000248. The third-order valence-electron chi connectivity index (χ3n) is 12.1. The van der Waals surface area contributed by atoms with Crippen molar-refractivity contribution in [2.45, 2.75) is 77.2 Å². The molecule has 0 bridgehead atoms. The Morgan fingerprint density at radius 1 is 0.588 bits per heavy atom. The quantitative estimate of drug-likeness (QED) is 0.0669. The Bertz CT molecular complexity index is 2630. The molecule has 2 aliphatic rings. The number of esters is 1. The summed E-state index contributed by atoms with van der Waals surface area (Å²) in [6.07, 6.45) is 2.11. The van der Waals surface area contributed by atoms with Crippen molar-refractivity contribution < 1.29 is 29.0 Å². The molecule has 360 valence electrons. The van der Waals surface area contributed by atoms with Crippen LogP contribution in [0.1, 0.15) is 91.4 Å². The number of carboxylic acid groups (broad SMARTS) is 1. The van der Waals surface area contributed by atoms with Gasteiger partial charge in [0.25, 0.3) is 11.8 Å². The van der Waals surface area contributed by atoms with E-state index in [0.29, 0.717) is 23.2 Å². The monoisotopic (exact) mass is 962 g/mol. The van der Waals surface area contributed by atoms with E-state index in [1.165, 1.54) is 32.7 Å². The molecule has 2 fully saturated rings. The highest BCUT2D eigenvalue weighted by atomic mass is 35.5. The molecule has 2 heterocycles. The number of carbonyl (C=O) groups is 4. The first kappa shape index (κ1) is 52.8. The van der Waals surface area contributed by atoms with Gasteiger partial charge in [-0.15, -0.1) is 24.8 Å². The Morgan fingerprint density at radius 2 is 0.985 bits per heavy atom. The SMILES string of the molecule is C[C@@H](N[C@H]1CCN(c2ccc(C(=O)NCC(=O)O)cc2)C1)c1cccc2ccccc12.C[C@@H](N[C@H]1CCN(c2ccc(C(=O)NCC(=O)OC(C)(C)C)cc2)C1)c1cccc2ccccc12.Cl.Cl. The number of hydrogen-bond donors (Lipinski definition) is 5. The molecule has 8 rings (SSSR count). The van der Waals surface area contributed by atoms with Crippen molar-refractivity contribution in [2.24, 2.45) is 0 Å². The normalized spacial score (nSPS) is 16.4. The van der Waals surface area contributed by atoms with E-state index in [1.54, 1.807) is 45.0 Å². The lowest BCUT2D eigenvalue weighted by atomic mass is 9.99. The minimum absolute atomic E-state index is 0. The number of carbonyl (C=O) groups excluding carboxylic acids is 3. The molecular weight excluding hydrogens is 900 g/mol. The van der Waals surface area contributed by atoms with Crippen molar-refractivity contribution in [2.75, 3.05) is 49.1 Å². The average Bonchev–Trinajstić information content (AvgIpc) is 3.99. The molecule has 6 aromatic rings. The fraction of sp³-hybridized carbons (Fsp3) is 0.333. The number of nitrogens with zero attached hydrogens (tertiary/aromatic N) is 2. The smallest absolute Gasteiger partial charge is 0.325 e. The van der Waals surface area contributed by atoms with Gasteiger partial charge in [0.1, 0.15) is 18.7 Å². The van der Waals surface area contributed by atoms with Gasteiger partial charge < -0.3 is 40.9 Å². The van der Waals surface area contributed by atoms with Gasteiger partial charge in [-0.2, -0.15) is 0 Å². The minimum atomic E-state index is -1.06. The van der Waals surface area contributed by atoms with Gasteiger partial charge in [-0.3, -0.25) is 19.2 Å². The van der Waals surface area contributed by atoms with Crippen LogP contribution < -0.4 is 31.1 Å². The molecule has 0 unspecified atom stereocenters. The summed E-state index contributed by atoms with van der Waals surface area (Å²) in [4.78, 5) is 51.5. The molecule has 5 N–H and O–H groups in total. The van der Waals surface area contributed by atoms with E-state index < -0.39 is 17.5 Å². The summed E-state index contributed by atoms with van der Waals surface area (Å²) in [6.45, 7) is 13.1. The maximum Gasteiger partial charge on any atom is 0.325 e. The third kappa shape index (κ3) is 14.2. The van der Waals surface area contributed by atoms with Gasteiger partial charge in [0.15, 0.2) is 0 Å². The summed E-state index contributed by atoms with van der Waals surface area (Å²) in [6, 6.07) is 46.1. The van der Waals surface area contributed by atoms with Crippen LogP contribution in [-0.4, -0.2) is 85.8 Å². The predicted molar refractivity (Wildman–Crippen MR) is 278 cm³/mol. The number of benzene rings is 6. The molecule has 14 heteroatoms. The number of nitrogens with one attached hydrogen (secondary N) is 4. The van der Waals surface area contributed by atoms with Gasteiger partial charge in [-0.05, 0) is 129 Å². The zero-order chi connectivity index (χ0) is 46.8. The third-order valence-corrected chi connectivity index (χ3v) is 12.1. The second-order valence-corrected chi connectivity index (χ2v) is 18.2. The molecule has 4 atom stereocenters. The summed E-state index contributed by atoms with van der Waals surface area (Å²) >= 11 is 0. The summed E-state index contributed by atoms with van der Waals surface area (Å²) in [5.74, 6) is -2.17. The van der Waals surface area contributed by atoms with Crippen LogP contribution in [0.4, 0.5) is 11.4 Å². The molecular formula is C54H64Cl2N6O6. The summed E-state index contributed by atoms with van der Waals surface area (Å²) in [5.41, 5.74) is 5.21. The first-order valence-electron chi connectivity index (χ1n) is 22.9. The number of halogens is 2. The fourth-order valence-electron chi connectivity index (χ4n) is 8.94. The molecule has 0 radical (unpaired) electrons. The number of hydrogen-bond acceptors (Lipinski definition) is 9. The summed E-state index contributed by atoms with van der Waals surface area (Å²) < 4.78 is 5.23. The van der Waals surface area contributed by atoms with Crippen LogP contribution in [-0.2, 0) is 14.3 Å². The maximum absolute atomic E-state index is 12.4. The van der Waals surface area contributed by atoms with Crippen molar-refractivity contribution in [3.63, 3.8) is 0 Å². The van der Waals surface area contributed by atoms with Crippen LogP contribution in [0.3, 0.4) is 0 Å². The van der Waals surface area contributed by atoms with E-state index in [4.69, 9.17) is 9.84 Å². The highest BCUT2D eigenvalue weighted by Gasteiger charge is 2.27. The molecule has 68 heavy (non-hydrogen) atoms. The van der Waals surface area contributed by atoms with E-state index >= 15 is 0 Å². The number of anilines is 2. The predicted octanol–water partition coefficient (Wildman–Crippen LogP) is 9.27. The van der Waals surface area contributed by atoms with Crippen molar-refractivity contribution in [3.05, 3.63) is 156 Å². The second-order valence-electron chi connectivity index (χ2n) is 18.2. The fourth-order valence-corrected chi connectivity index (χ4v) is 8.94. The molecule has 0 aliphatic carbocycles. The molecule has 0 spiro atoms. The van der Waals surface area contributed by atoms with Gasteiger partial charge in [-0.1, -0.05) is 84.9 Å². The van der Waals surface area contributed by atoms with E-state index in [0.717, 1.165) is 50.4 Å². The Hall–Kier alpha value is -6.18. The number of ether oxygens (including phenoxy) is 1.